The molecule has 7 nitrogen and oxygen atoms in total. The van der Waals surface area contributed by atoms with Gasteiger partial charge in [-0.3, -0.25) is 10.2 Å². The van der Waals surface area contributed by atoms with E-state index in [4.69, 9.17) is 4.74 Å². The van der Waals surface area contributed by atoms with Crippen molar-refractivity contribution in [1.82, 2.24) is 16.2 Å². The van der Waals surface area contributed by atoms with Gasteiger partial charge in [-0.15, -0.1) is 0 Å². The highest BCUT2D eigenvalue weighted by Gasteiger charge is 2.21. The molecule has 0 aliphatic rings. The van der Waals surface area contributed by atoms with Crippen LogP contribution in [0.5, 0.6) is 5.75 Å². The van der Waals surface area contributed by atoms with Crippen LogP contribution in [0.1, 0.15) is 11.1 Å². The number of benzene rings is 2. The Morgan fingerprint density at radius 1 is 1.04 bits per heavy atom. The number of hydrazine groups is 1. The molecule has 2 rings (SSSR count). The lowest BCUT2D eigenvalue weighted by atomic mass is 10.1. The van der Waals surface area contributed by atoms with Crippen LogP contribution in [-0.4, -0.2) is 30.2 Å². The number of aromatic hydroxyl groups is 1. The van der Waals surface area contributed by atoms with Crippen molar-refractivity contribution in [2.45, 2.75) is 19.1 Å². The van der Waals surface area contributed by atoms with Gasteiger partial charge >= 0.3 is 6.09 Å². The fraction of sp³-hybridized carbons (Fsp3) is 0.222. The zero-order valence-corrected chi connectivity index (χ0v) is 13.9. The van der Waals surface area contributed by atoms with E-state index >= 15 is 0 Å². The summed E-state index contributed by atoms with van der Waals surface area (Å²) in [5.41, 5.74) is 6.63. The van der Waals surface area contributed by atoms with E-state index in [0.29, 0.717) is 0 Å². The van der Waals surface area contributed by atoms with Crippen LogP contribution in [0.3, 0.4) is 0 Å². The summed E-state index contributed by atoms with van der Waals surface area (Å²) in [5.74, 6) is -0.262. The molecular weight excluding hydrogens is 322 g/mol. The molecule has 0 heterocycles. The minimum atomic E-state index is -0.819. The molecule has 25 heavy (non-hydrogen) atoms. The van der Waals surface area contributed by atoms with Gasteiger partial charge in [0.1, 0.15) is 18.4 Å². The van der Waals surface area contributed by atoms with Crippen molar-refractivity contribution in [2.75, 3.05) is 7.05 Å². The zero-order valence-electron chi connectivity index (χ0n) is 13.9. The first-order chi connectivity index (χ1) is 12.1. The van der Waals surface area contributed by atoms with E-state index in [9.17, 15) is 14.7 Å². The number of rotatable bonds is 7. The molecule has 0 unspecified atom stereocenters. The molecule has 0 radical (unpaired) electrons. The summed E-state index contributed by atoms with van der Waals surface area (Å²) >= 11 is 0. The van der Waals surface area contributed by atoms with Crippen LogP contribution >= 0.6 is 0 Å². The minimum Gasteiger partial charge on any atom is -0.508 e. The number of nitrogens with one attached hydrogen (secondary N) is 3. The summed E-state index contributed by atoms with van der Waals surface area (Å²) in [6, 6.07) is 14.9. The van der Waals surface area contributed by atoms with E-state index in [1.165, 1.54) is 12.1 Å². The van der Waals surface area contributed by atoms with Crippen molar-refractivity contribution in [2.24, 2.45) is 0 Å². The second kappa shape index (κ2) is 9.29. The molecule has 0 fully saturated rings. The molecule has 0 aliphatic carbocycles. The summed E-state index contributed by atoms with van der Waals surface area (Å²) in [5, 5.41) is 11.9. The lowest BCUT2D eigenvalue weighted by Gasteiger charge is -2.18. The molecule has 0 spiro atoms. The normalized spacial score (nSPS) is 11.4. The van der Waals surface area contributed by atoms with Crippen LogP contribution in [0, 0.1) is 0 Å². The predicted molar refractivity (Wildman–Crippen MR) is 92.6 cm³/mol. The average molecular weight is 343 g/mol. The highest BCUT2D eigenvalue weighted by atomic mass is 16.5. The van der Waals surface area contributed by atoms with Crippen molar-refractivity contribution >= 4 is 12.0 Å². The second-order valence-corrected chi connectivity index (χ2v) is 5.37. The standard InChI is InChI=1S/C18H21N3O4/c1-19-21-17(23)16(11-13-7-9-15(22)10-8-13)20-18(24)25-12-14-5-3-2-4-6-14/h2-10,16,19,22H,11-12H2,1H3,(H,20,24)(H,21,23)/t16-/m0/s1. The van der Waals surface area contributed by atoms with Crippen molar-refractivity contribution < 1.29 is 19.4 Å². The summed E-state index contributed by atoms with van der Waals surface area (Å²) in [6.07, 6.45) is -0.423. The molecule has 0 saturated carbocycles. The molecule has 0 saturated heterocycles. The number of ether oxygens (including phenoxy) is 1. The molecule has 0 aromatic heterocycles. The third-order valence-corrected chi connectivity index (χ3v) is 3.45. The third kappa shape index (κ3) is 6.15. The predicted octanol–water partition coefficient (Wildman–Crippen LogP) is 1.48. The SMILES string of the molecule is CNNC(=O)[C@H](Cc1ccc(O)cc1)NC(=O)OCc1ccccc1. The first kappa shape index (κ1) is 18.3. The van der Waals surface area contributed by atoms with E-state index in [1.807, 2.05) is 30.3 Å². The first-order valence-corrected chi connectivity index (χ1v) is 7.80. The molecular formula is C18H21N3O4. The lowest BCUT2D eigenvalue weighted by Crippen LogP contribution is -2.51. The Morgan fingerprint density at radius 3 is 2.36 bits per heavy atom. The molecule has 2 aromatic rings. The fourth-order valence-electron chi connectivity index (χ4n) is 2.19. The number of hydrogen-bond acceptors (Lipinski definition) is 5. The van der Waals surface area contributed by atoms with Gasteiger partial charge < -0.3 is 15.2 Å². The third-order valence-electron chi connectivity index (χ3n) is 3.45. The Balaban J connectivity index is 1.96. The number of carbonyl (C=O) groups is 2. The molecule has 7 heteroatoms. The summed E-state index contributed by atoms with van der Waals surface area (Å²) in [6.45, 7) is 0.117. The Kier molecular flexibility index (Phi) is 6.79. The van der Waals surface area contributed by atoms with Gasteiger partial charge in [0.15, 0.2) is 0 Å². The van der Waals surface area contributed by atoms with Crippen LogP contribution in [0.4, 0.5) is 4.79 Å². The van der Waals surface area contributed by atoms with E-state index in [1.54, 1.807) is 19.2 Å². The van der Waals surface area contributed by atoms with E-state index in [0.717, 1.165) is 11.1 Å². The van der Waals surface area contributed by atoms with Gasteiger partial charge in [0, 0.05) is 13.5 Å². The van der Waals surface area contributed by atoms with Crippen LogP contribution < -0.4 is 16.2 Å². The molecule has 2 aromatic carbocycles. The van der Waals surface area contributed by atoms with Crippen molar-refractivity contribution in [3.8, 4) is 5.75 Å². The number of alkyl carbamates (subject to hydrolysis) is 1. The van der Waals surface area contributed by atoms with Gasteiger partial charge in [0.2, 0.25) is 0 Å². The van der Waals surface area contributed by atoms with E-state index in [-0.39, 0.29) is 18.8 Å². The number of phenols is 1. The fourth-order valence-corrected chi connectivity index (χ4v) is 2.19. The van der Waals surface area contributed by atoms with Crippen LogP contribution in [0.25, 0.3) is 0 Å². The zero-order chi connectivity index (χ0) is 18.1. The van der Waals surface area contributed by atoms with Crippen LogP contribution in [0.15, 0.2) is 54.6 Å². The van der Waals surface area contributed by atoms with Crippen molar-refractivity contribution in [3.63, 3.8) is 0 Å². The summed E-state index contributed by atoms with van der Waals surface area (Å²) < 4.78 is 5.15. The monoisotopic (exact) mass is 343 g/mol. The minimum absolute atomic E-state index is 0.117. The highest BCUT2D eigenvalue weighted by molar-refractivity contribution is 5.85. The Labute approximate surface area is 146 Å². The Hall–Kier alpha value is -3.06. The summed E-state index contributed by atoms with van der Waals surface area (Å²) in [7, 11) is 1.56. The van der Waals surface area contributed by atoms with Gasteiger partial charge in [-0.25, -0.2) is 10.2 Å². The average Bonchev–Trinajstić information content (AvgIpc) is 2.62. The first-order valence-electron chi connectivity index (χ1n) is 7.80. The highest BCUT2D eigenvalue weighted by Crippen LogP contribution is 2.11. The van der Waals surface area contributed by atoms with Crippen LogP contribution in [0.2, 0.25) is 0 Å². The molecule has 4 N–H and O–H groups in total. The molecule has 0 bridgehead atoms. The van der Waals surface area contributed by atoms with Crippen molar-refractivity contribution in [1.29, 1.82) is 0 Å². The molecule has 2 amide bonds. The largest absolute Gasteiger partial charge is 0.508 e. The lowest BCUT2D eigenvalue weighted by molar-refractivity contribution is -0.123. The van der Waals surface area contributed by atoms with E-state index < -0.39 is 18.0 Å². The smallest absolute Gasteiger partial charge is 0.408 e. The maximum Gasteiger partial charge on any atom is 0.408 e. The Bertz CT molecular complexity index is 689. The second-order valence-electron chi connectivity index (χ2n) is 5.37. The van der Waals surface area contributed by atoms with E-state index in [2.05, 4.69) is 16.2 Å². The summed E-state index contributed by atoms with van der Waals surface area (Å²) in [4.78, 5) is 24.1. The topological polar surface area (TPSA) is 99.7 Å². The Morgan fingerprint density at radius 2 is 1.72 bits per heavy atom. The quantitative estimate of drug-likeness (QED) is 0.571. The number of phenolic OH excluding ortho intramolecular Hbond substituents is 1. The van der Waals surface area contributed by atoms with Crippen molar-refractivity contribution in [3.05, 3.63) is 65.7 Å². The number of amides is 2. The molecule has 1 atom stereocenters. The number of hydrogen-bond donors (Lipinski definition) is 4. The maximum atomic E-state index is 12.1. The van der Waals surface area contributed by atoms with Gasteiger partial charge in [0.05, 0.1) is 0 Å². The van der Waals surface area contributed by atoms with Gasteiger partial charge in [-0.2, -0.15) is 0 Å². The van der Waals surface area contributed by atoms with Gasteiger partial charge in [-0.1, -0.05) is 42.5 Å². The van der Waals surface area contributed by atoms with Gasteiger partial charge in [0.25, 0.3) is 5.91 Å². The van der Waals surface area contributed by atoms with Gasteiger partial charge in [-0.05, 0) is 23.3 Å². The number of carbonyl (C=O) groups excluding carboxylic acids is 2. The maximum absolute atomic E-state index is 12.1. The molecule has 0 aliphatic heterocycles. The van der Waals surface area contributed by atoms with Crippen LogP contribution in [-0.2, 0) is 22.6 Å². The molecule has 132 valence electrons.